The predicted octanol–water partition coefficient (Wildman–Crippen LogP) is 2.71. The van der Waals surface area contributed by atoms with Gasteiger partial charge in [0.05, 0.1) is 0 Å². The standard InChI is InChI=1S/C8H5Cl2F3Se/c9-7(11,12)8(10,13)14-6-4-2-1-3-5-6/h1-5H. The zero-order valence-corrected chi connectivity index (χ0v) is 9.91. The van der Waals surface area contributed by atoms with Crippen LogP contribution in [-0.2, 0) is 0 Å². The second-order valence-electron chi connectivity index (χ2n) is 2.43. The fourth-order valence-corrected chi connectivity index (χ4v) is 2.84. The van der Waals surface area contributed by atoms with Gasteiger partial charge in [0.15, 0.2) is 0 Å². The average molecular weight is 308 g/mol. The second-order valence-corrected chi connectivity index (χ2v) is 6.53. The molecule has 0 nitrogen and oxygen atoms in total. The molecule has 0 amide bonds. The number of halogens is 5. The van der Waals surface area contributed by atoms with E-state index >= 15 is 0 Å². The summed E-state index contributed by atoms with van der Waals surface area (Å²) in [5.74, 6) is 0. The zero-order valence-electron chi connectivity index (χ0n) is 6.68. The normalized spacial score (nSPS) is 16.4. The van der Waals surface area contributed by atoms with Gasteiger partial charge in [-0.3, -0.25) is 0 Å². The maximum atomic E-state index is 13.2. The van der Waals surface area contributed by atoms with Crippen LogP contribution in [0.4, 0.5) is 13.2 Å². The SMILES string of the molecule is FC(F)(Cl)C(F)(Cl)[Se]c1ccccc1. The van der Waals surface area contributed by atoms with Crippen molar-refractivity contribution < 1.29 is 13.2 Å². The molecule has 0 aliphatic rings. The van der Waals surface area contributed by atoms with Crippen LogP contribution in [0.1, 0.15) is 0 Å². The first-order valence-corrected chi connectivity index (χ1v) is 5.98. The molecule has 0 aliphatic carbocycles. The van der Waals surface area contributed by atoms with Crippen molar-refractivity contribution in [2.45, 2.75) is 9.41 Å². The van der Waals surface area contributed by atoms with Crippen molar-refractivity contribution in [2.75, 3.05) is 0 Å². The van der Waals surface area contributed by atoms with Gasteiger partial charge >= 0.3 is 95.5 Å². The Balaban J connectivity index is 2.79. The number of alkyl halides is 5. The molecule has 0 aliphatic heterocycles. The Morgan fingerprint density at radius 2 is 1.50 bits per heavy atom. The molecule has 0 heterocycles. The van der Waals surface area contributed by atoms with E-state index in [9.17, 15) is 13.2 Å². The van der Waals surface area contributed by atoms with E-state index in [1.54, 1.807) is 18.2 Å². The molecule has 1 rings (SSSR count). The van der Waals surface area contributed by atoms with Gasteiger partial charge in [-0.1, -0.05) is 0 Å². The maximum absolute atomic E-state index is 13.2. The molecule has 0 radical (unpaired) electrons. The van der Waals surface area contributed by atoms with Crippen LogP contribution < -0.4 is 4.46 Å². The van der Waals surface area contributed by atoms with Gasteiger partial charge in [0.2, 0.25) is 0 Å². The molecule has 1 atom stereocenters. The Hall–Kier alpha value is 0.109. The number of hydrogen-bond donors (Lipinski definition) is 0. The van der Waals surface area contributed by atoms with Crippen LogP contribution in [0.3, 0.4) is 0 Å². The van der Waals surface area contributed by atoms with E-state index < -0.39 is 24.4 Å². The van der Waals surface area contributed by atoms with E-state index in [2.05, 4.69) is 11.6 Å². The van der Waals surface area contributed by atoms with Crippen LogP contribution in [0, 0.1) is 0 Å². The summed E-state index contributed by atoms with van der Waals surface area (Å²) >= 11 is 8.34. The minimum atomic E-state index is -4.05. The third-order valence-electron chi connectivity index (χ3n) is 1.32. The van der Waals surface area contributed by atoms with Gasteiger partial charge in [-0.05, 0) is 0 Å². The van der Waals surface area contributed by atoms with Crippen molar-refractivity contribution in [1.82, 2.24) is 0 Å². The molecule has 0 saturated heterocycles. The Morgan fingerprint density at radius 3 is 1.93 bits per heavy atom. The molecule has 0 saturated carbocycles. The topological polar surface area (TPSA) is 0 Å². The van der Waals surface area contributed by atoms with Gasteiger partial charge < -0.3 is 0 Å². The summed E-state index contributed by atoms with van der Waals surface area (Å²) in [6.07, 6.45) is 0. The van der Waals surface area contributed by atoms with Crippen molar-refractivity contribution in [1.29, 1.82) is 0 Å². The average Bonchev–Trinajstić information content (AvgIpc) is 2.03. The first kappa shape index (κ1) is 12.2. The van der Waals surface area contributed by atoms with Crippen molar-refractivity contribution in [3.8, 4) is 0 Å². The Bertz CT molecular complexity index is 297. The van der Waals surface area contributed by atoms with E-state index in [0.29, 0.717) is 4.46 Å². The quantitative estimate of drug-likeness (QED) is 0.595. The molecule has 0 spiro atoms. The van der Waals surface area contributed by atoms with Crippen LogP contribution in [0.25, 0.3) is 0 Å². The van der Waals surface area contributed by atoms with Gasteiger partial charge in [-0.2, -0.15) is 0 Å². The zero-order chi connectivity index (χ0) is 10.8. The van der Waals surface area contributed by atoms with Crippen molar-refractivity contribution >= 4 is 42.6 Å². The molecule has 1 aromatic carbocycles. The van der Waals surface area contributed by atoms with Crippen LogP contribution in [0.15, 0.2) is 30.3 Å². The van der Waals surface area contributed by atoms with Crippen molar-refractivity contribution in [3.05, 3.63) is 30.3 Å². The molecule has 78 valence electrons. The van der Waals surface area contributed by atoms with Gasteiger partial charge in [-0.25, -0.2) is 0 Å². The molecule has 0 N–H and O–H groups in total. The number of hydrogen-bond acceptors (Lipinski definition) is 0. The molecular weight excluding hydrogens is 303 g/mol. The monoisotopic (exact) mass is 308 g/mol. The molecular formula is C8H5Cl2F3Se. The third kappa shape index (κ3) is 3.06. The van der Waals surface area contributed by atoms with E-state index in [1.807, 2.05) is 0 Å². The van der Waals surface area contributed by atoms with E-state index in [4.69, 9.17) is 11.6 Å². The fraction of sp³-hybridized carbons (Fsp3) is 0.250. The first-order valence-electron chi connectivity index (χ1n) is 3.51. The summed E-state index contributed by atoms with van der Waals surface area (Å²) < 4.78 is 35.4. The van der Waals surface area contributed by atoms with E-state index in [-0.39, 0.29) is 0 Å². The van der Waals surface area contributed by atoms with Crippen LogP contribution in [0.2, 0.25) is 0 Å². The first-order chi connectivity index (χ1) is 6.33. The summed E-state index contributed by atoms with van der Waals surface area (Å²) in [6.45, 7) is 0. The van der Waals surface area contributed by atoms with Gasteiger partial charge in [-0.15, -0.1) is 0 Å². The molecule has 0 fully saturated rings. The molecule has 1 aromatic rings. The Labute approximate surface area is 95.5 Å². The molecule has 6 heteroatoms. The third-order valence-corrected chi connectivity index (χ3v) is 4.71. The van der Waals surface area contributed by atoms with Crippen LogP contribution in [-0.4, -0.2) is 24.4 Å². The van der Waals surface area contributed by atoms with Crippen molar-refractivity contribution in [2.24, 2.45) is 0 Å². The summed E-state index contributed by atoms with van der Waals surface area (Å²) in [6, 6.07) is 8.00. The summed E-state index contributed by atoms with van der Waals surface area (Å²) in [4.78, 5) is 0. The van der Waals surface area contributed by atoms with E-state index in [1.165, 1.54) is 12.1 Å². The second kappa shape index (κ2) is 4.31. The van der Waals surface area contributed by atoms with Gasteiger partial charge in [0.1, 0.15) is 0 Å². The Kier molecular flexibility index (Phi) is 3.75. The molecule has 0 aromatic heterocycles. The van der Waals surface area contributed by atoms with Gasteiger partial charge in [0, 0.05) is 0 Å². The predicted molar refractivity (Wildman–Crippen MR) is 52.3 cm³/mol. The Morgan fingerprint density at radius 1 is 1.00 bits per heavy atom. The van der Waals surface area contributed by atoms with Crippen LogP contribution >= 0.6 is 23.2 Å². The molecule has 1 unspecified atom stereocenters. The fourth-order valence-electron chi connectivity index (χ4n) is 0.694. The number of benzene rings is 1. The minimum absolute atomic E-state index is 0.429. The van der Waals surface area contributed by atoms with E-state index in [0.717, 1.165) is 0 Å². The summed E-state index contributed by atoms with van der Waals surface area (Å²) in [5, 5.41) is -4.05. The van der Waals surface area contributed by atoms with Crippen molar-refractivity contribution in [3.63, 3.8) is 0 Å². The van der Waals surface area contributed by atoms with Crippen LogP contribution in [0.5, 0.6) is 0 Å². The molecule has 0 bridgehead atoms. The molecule has 14 heavy (non-hydrogen) atoms. The summed E-state index contributed by atoms with van der Waals surface area (Å²) in [7, 11) is 0. The number of rotatable bonds is 3. The summed E-state index contributed by atoms with van der Waals surface area (Å²) in [5.41, 5.74) is 0. The van der Waals surface area contributed by atoms with Gasteiger partial charge in [0.25, 0.3) is 0 Å².